The fraction of sp³-hybridized carbons (Fsp3) is 0.233. The second-order valence-corrected chi connectivity index (χ2v) is 9.61. The van der Waals surface area contributed by atoms with E-state index in [-0.39, 0.29) is 18.2 Å². The van der Waals surface area contributed by atoms with Gasteiger partial charge in [0.2, 0.25) is 5.88 Å². The lowest BCUT2D eigenvalue weighted by atomic mass is 9.92. The van der Waals surface area contributed by atoms with E-state index in [1.54, 1.807) is 24.4 Å². The lowest BCUT2D eigenvalue weighted by Crippen LogP contribution is -2.25. The molecule has 190 valence electrons. The Bertz CT molecular complexity index is 1300. The molecule has 0 fully saturated rings. The van der Waals surface area contributed by atoms with Crippen molar-refractivity contribution in [3.63, 3.8) is 0 Å². The van der Waals surface area contributed by atoms with Gasteiger partial charge in [0.05, 0.1) is 12.1 Å². The molecule has 1 N–H and O–H groups in total. The Balaban J connectivity index is 1.48. The summed E-state index contributed by atoms with van der Waals surface area (Å²) < 4.78 is 25.1. The van der Waals surface area contributed by atoms with Crippen molar-refractivity contribution in [2.45, 2.75) is 45.3 Å². The van der Waals surface area contributed by atoms with Crippen molar-refractivity contribution in [1.29, 1.82) is 0 Å². The molecule has 0 amide bonds. The normalized spacial score (nSPS) is 12.0. The molecular weight excluding hydrogens is 469 g/mol. The van der Waals surface area contributed by atoms with Crippen molar-refractivity contribution in [3.8, 4) is 11.6 Å². The van der Waals surface area contributed by atoms with Crippen LogP contribution in [0.1, 0.15) is 49.9 Å². The van der Waals surface area contributed by atoms with Crippen LogP contribution >= 0.6 is 0 Å². The third-order valence-corrected chi connectivity index (χ3v) is 5.45. The highest BCUT2D eigenvalue weighted by Gasteiger charge is 2.24. The highest BCUT2D eigenvalue weighted by atomic mass is 19.1. The van der Waals surface area contributed by atoms with Gasteiger partial charge in [-0.1, -0.05) is 36.4 Å². The molecule has 0 spiro atoms. The summed E-state index contributed by atoms with van der Waals surface area (Å²) >= 11 is 0. The molecule has 4 aromatic rings. The number of nitrogens with one attached hydrogen (secondary N) is 1. The number of carbonyl (C=O) groups excluding carboxylic acids is 1. The Hall–Kier alpha value is -4.26. The Morgan fingerprint density at radius 1 is 0.946 bits per heavy atom. The molecule has 2 aromatic carbocycles. The summed E-state index contributed by atoms with van der Waals surface area (Å²) in [7, 11) is 0. The number of ether oxygens (including phenoxy) is 2. The minimum atomic E-state index is -0.609. The molecule has 2 heterocycles. The van der Waals surface area contributed by atoms with Crippen molar-refractivity contribution >= 4 is 11.8 Å². The van der Waals surface area contributed by atoms with Gasteiger partial charge in [-0.05, 0) is 74.4 Å². The lowest BCUT2D eigenvalue weighted by Gasteiger charge is -2.22. The van der Waals surface area contributed by atoms with Gasteiger partial charge >= 0.3 is 5.97 Å². The van der Waals surface area contributed by atoms with E-state index in [9.17, 15) is 9.18 Å². The second kappa shape index (κ2) is 11.6. The SMILES string of the molecule is CC(C)(C)OC(=O)CC(c1ccc(F)cc1)c1cccc(Oc2ccc(CNc3ccccn3)cc2)n1. The van der Waals surface area contributed by atoms with Crippen LogP contribution in [0, 0.1) is 5.82 Å². The first-order valence-corrected chi connectivity index (χ1v) is 12.1. The number of anilines is 1. The summed E-state index contributed by atoms with van der Waals surface area (Å²) in [6, 6.07) is 24.9. The second-order valence-electron chi connectivity index (χ2n) is 9.61. The molecule has 0 saturated carbocycles. The summed E-state index contributed by atoms with van der Waals surface area (Å²) in [5.41, 5.74) is 1.86. The molecule has 0 radical (unpaired) electrons. The number of benzene rings is 2. The van der Waals surface area contributed by atoms with E-state index in [1.807, 2.05) is 75.4 Å². The molecule has 2 aromatic heterocycles. The number of nitrogens with zero attached hydrogens (tertiary/aromatic N) is 2. The predicted molar refractivity (Wildman–Crippen MR) is 141 cm³/mol. The maximum atomic E-state index is 13.6. The summed E-state index contributed by atoms with van der Waals surface area (Å²) in [5, 5.41) is 3.27. The number of carbonyl (C=O) groups is 1. The summed E-state index contributed by atoms with van der Waals surface area (Å²) in [6.45, 7) is 6.11. The van der Waals surface area contributed by atoms with E-state index in [0.29, 0.717) is 23.9 Å². The van der Waals surface area contributed by atoms with Crippen LogP contribution in [0.4, 0.5) is 10.2 Å². The number of hydrogen-bond acceptors (Lipinski definition) is 6. The van der Waals surface area contributed by atoms with E-state index >= 15 is 0 Å². The highest BCUT2D eigenvalue weighted by Crippen LogP contribution is 2.30. The monoisotopic (exact) mass is 499 g/mol. The first-order valence-electron chi connectivity index (χ1n) is 12.1. The van der Waals surface area contributed by atoms with Crippen LogP contribution in [0.5, 0.6) is 11.6 Å². The summed E-state index contributed by atoms with van der Waals surface area (Å²) in [5.74, 6) is 0.725. The molecule has 4 rings (SSSR count). The molecule has 0 aliphatic carbocycles. The molecule has 0 aliphatic rings. The highest BCUT2D eigenvalue weighted by molar-refractivity contribution is 5.71. The average Bonchev–Trinajstić information content (AvgIpc) is 2.87. The Morgan fingerprint density at radius 2 is 1.70 bits per heavy atom. The van der Waals surface area contributed by atoms with Crippen LogP contribution in [0.15, 0.2) is 91.1 Å². The van der Waals surface area contributed by atoms with Gasteiger partial charge < -0.3 is 14.8 Å². The molecule has 0 saturated heterocycles. The van der Waals surface area contributed by atoms with Gasteiger partial charge in [0, 0.05) is 24.7 Å². The minimum absolute atomic E-state index is 0.0668. The molecule has 1 unspecified atom stereocenters. The molecule has 6 nitrogen and oxygen atoms in total. The maximum Gasteiger partial charge on any atom is 0.307 e. The van der Waals surface area contributed by atoms with Crippen LogP contribution in [0.3, 0.4) is 0 Å². The largest absolute Gasteiger partial charge is 0.460 e. The first kappa shape index (κ1) is 25.8. The minimum Gasteiger partial charge on any atom is -0.460 e. The molecule has 1 atom stereocenters. The van der Waals surface area contributed by atoms with E-state index < -0.39 is 11.5 Å². The fourth-order valence-electron chi connectivity index (χ4n) is 3.78. The van der Waals surface area contributed by atoms with Crippen molar-refractivity contribution < 1.29 is 18.7 Å². The van der Waals surface area contributed by atoms with Gasteiger partial charge in [-0.2, -0.15) is 0 Å². The van der Waals surface area contributed by atoms with Gasteiger partial charge in [-0.15, -0.1) is 0 Å². The number of rotatable bonds is 9. The summed E-state index contributed by atoms with van der Waals surface area (Å²) in [6.07, 6.45) is 1.81. The Kier molecular flexibility index (Phi) is 8.13. The fourth-order valence-corrected chi connectivity index (χ4v) is 3.78. The number of hydrogen-bond donors (Lipinski definition) is 1. The quantitative estimate of drug-likeness (QED) is 0.253. The predicted octanol–water partition coefficient (Wildman–Crippen LogP) is 6.88. The Labute approximate surface area is 216 Å². The molecule has 7 heteroatoms. The third kappa shape index (κ3) is 7.87. The molecule has 0 bridgehead atoms. The van der Waals surface area contributed by atoms with Crippen LogP contribution < -0.4 is 10.1 Å². The van der Waals surface area contributed by atoms with Crippen molar-refractivity contribution in [2.75, 3.05) is 5.32 Å². The van der Waals surface area contributed by atoms with E-state index in [1.165, 1.54) is 12.1 Å². The maximum absolute atomic E-state index is 13.6. The van der Waals surface area contributed by atoms with Gasteiger partial charge in [0.1, 0.15) is 23.0 Å². The number of esters is 1. The van der Waals surface area contributed by atoms with Crippen LogP contribution in [0.2, 0.25) is 0 Å². The molecule has 0 aliphatic heterocycles. The average molecular weight is 500 g/mol. The number of pyridine rings is 2. The zero-order valence-corrected chi connectivity index (χ0v) is 21.1. The van der Waals surface area contributed by atoms with E-state index in [4.69, 9.17) is 9.47 Å². The van der Waals surface area contributed by atoms with Crippen molar-refractivity contribution in [3.05, 3.63) is 114 Å². The van der Waals surface area contributed by atoms with Crippen molar-refractivity contribution in [1.82, 2.24) is 9.97 Å². The standard InChI is InChI=1S/C30H30FN3O3/c1-30(2,3)37-29(35)19-25(22-12-14-23(31)15-13-22)26-7-6-9-28(34-26)36-24-16-10-21(11-17-24)20-33-27-8-4-5-18-32-27/h4-18,25H,19-20H2,1-3H3,(H,32,33). The van der Waals surface area contributed by atoms with Crippen molar-refractivity contribution in [2.24, 2.45) is 0 Å². The molecular formula is C30H30FN3O3. The van der Waals surface area contributed by atoms with E-state index in [2.05, 4.69) is 15.3 Å². The van der Waals surface area contributed by atoms with Gasteiger partial charge in [-0.25, -0.2) is 14.4 Å². The van der Waals surface area contributed by atoms with Crippen LogP contribution in [-0.4, -0.2) is 21.5 Å². The smallest absolute Gasteiger partial charge is 0.307 e. The van der Waals surface area contributed by atoms with Crippen LogP contribution in [-0.2, 0) is 16.1 Å². The van der Waals surface area contributed by atoms with Gasteiger partial charge in [-0.3, -0.25) is 4.79 Å². The Morgan fingerprint density at radius 3 is 2.38 bits per heavy atom. The van der Waals surface area contributed by atoms with Crippen LogP contribution in [0.25, 0.3) is 0 Å². The lowest BCUT2D eigenvalue weighted by molar-refractivity contribution is -0.155. The van der Waals surface area contributed by atoms with E-state index in [0.717, 1.165) is 16.9 Å². The van der Waals surface area contributed by atoms with Gasteiger partial charge in [0.15, 0.2) is 0 Å². The zero-order valence-electron chi connectivity index (χ0n) is 21.1. The number of aromatic nitrogens is 2. The first-order chi connectivity index (χ1) is 17.7. The van der Waals surface area contributed by atoms with Gasteiger partial charge in [0.25, 0.3) is 0 Å². The third-order valence-electron chi connectivity index (χ3n) is 5.45. The topological polar surface area (TPSA) is 73.3 Å². The molecule has 37 heavy (non-hydrogen) atoms. The zero-order chi connectivity index (χ0) is 26.3. The summed E-state index contributed by atoms with van der Waals surface area (Å²) in [4.78, 5) is 21.6. The number of halogens is 1.